The fourth-order valence-corrected chi connectivity index (χ4v) is 1.95. The van der Waals surface area contributed by atoms with E-state index in [2.05, 4.69) is 0 Å². The summed E-state index contributed by atoms with van der Waals surface area (Å²) in [6.07, 6.45) is 3.35. The Morgan fingerprint density at radius 2 is 2.11 bits per heavy atom. The van der Waals surface area contributed by atoms with Crippen LogP contribution in [0.25, 0.3) is 0 Å². The van der Waals surface area contributed by atoms with Gasteiger partial charge in [0.2, 0.25) is 0 Å². The standard InChI is InChI=1S/C15H23NO3/c1-2-18-14-5-3-4-13(8-9-16)15(14)19-11-17-10-12-6-7-12/h3-5,12H,2,6-11,16H2,1H3. The largest absolute Gasteiger partial charge is 0.490 e. The van der Waals surface area contributed by atoms with Crippen LogP contribution >= 0.6 is 0 Å². The number of rotatable bonds is 9. The molecule has 4 heteroatoms. The Balaban J connectivity index is 1.95. The predicted octanol–water partition coefficient (Wildman–Crippen LogP) is 2.35. The molecule has 1 fully saturated rings. The van der Waals surface area contributed by atoms with E-state index in [1.165, 1.54) is 12.8 Å². The van der Waals surface area contributed by atoms with Crippen LogP contribution in [0.3, 0.4) is 0 Å². The summed E-state index contributed by atoms with van der Waals surface area (Å²) < 4.78 is 16.9. The topological polar surface area (TPSA) is 53.7 Å². The Bertz CT molecular complexity index is 367. The molecule has 0 radical (unpaired) electrons. The molecule has 0 spiro atoms. The van der Waals surface area contributed by atoms with Gasteiger partial charge in [0.15, 0.2) is 18.3 Å². The summed E-state index contributed by atoms with van der Waals surface area (Å²) in [7, 11) is 0. The summed E-state index contributed by atoms with van der Waals surface area (Å²) in [6.45, 7) is 4.24. The molecule has 0 heterocycles. The molecule has 0 saturated heterocycles. The van der Waals surface area contributed by atoms with Crippen LogP contribution in [-0.2, 0) is 11.2 Å². The van der Waals surface area contributed by atoms with Gasteiger partial charge in [-0.25, -0.2) is 0 Å². The normalized spacial score (nSPS) is 14.4. The Kier molecular flexibility index (Phi) is 5.48. The van der Waals surface area contributed by atoms with Crippen LogP contribution in [0, 0.1) is 5.92 Å². The van der Waals surface area contributed by atoms with Gasteiger partial charge in [0.25, 0.3) is 0 Å². The van der Waals surface area contributed by atoms with Gasteiger partial charge in [0.05, 0.1) is 13.2 Å². The van der Waals surface area contributed by atoms with E-state index in [9.17, 15) is 0 Å². The maximum Gasteiger partial charge on any atom is 0.189 e. The number of nitrogens with two attached hydrogens (primary N) is 1. The SMILES string of the molecule is CCOc1cccc(CCN)c1OCOCC1CC1. The van der Waals surface area contributed by atoms with Gasteiger partial charge < -0.3 is 19.9 Å². The lowest BCUT2D eigenvalue weighted by molar-refractivity contribution is 0.00787. The maximum absolute atomic E-state index is 5.75. The fourth-order valence-electron chi connectivity index (χ4n) is 1.95. The van der Waals surface area contributed by atoms with Gasteiger partial charge >= 0.3 is 0 Å². The Hall–Kier alpha value is -1.26. The Morgan fingerprint density at radius 3 is 2.79 bits per heavy atom. The molecule has 106 valence electrons. The van der Waals surface area contributed by atoms with E-state index in [4.69, 9.17) is 19.9 Å². The third-order valence-corrected chi connectivity index (χ3v) is 3.11. The fraction of sp³-hybridized carbons (Fsp3) is 0.600. The van der Waals surface area contributed by atoms with Gasteiger partial charge in [-0.3, -0.25) is 0 Å². The molecule has 0 aromatic heterocycles. The smallest absolute Gasteiger partial charge is 0.189 e. The highest BCUT2D eigenvalue weighted by atomic mass is 16.7. The van der Waals surface area contributed by atoms with Crippen LogP contribution in [0.1, 0.15) is 25.3 Å². The van der Waals surface area contributed by atoms with Crippen molar-refractivity contribution in [3.63, 3.8) is 0 Å². The van der Waals surface area contributed by atoms with Crippen molar-refractivity contribution in [3.8, 4) is 11.5 Å². The molecule has 1 aliphatic carbocycles. The van der Waals surface area contributed by atoms with E-state index in [1.807, 2.05) is 25.1 Å². The second-order valence-electron chi connectivity index (χ2n) is 4.79. The van der Waals surface area contributed by atoms with Gasteiger partial charge in [0, 0.05) is 0 Å². The van der Waals surface area contributed by atoms with Crippen molar-refractivity contribution >= 4 is 0 Å². The molecule has 0 aliphatic heterocycles. The first kappa shape index (κ1) is 14.2. The molecular weight excluding hydrogens is 242 g/mol. The lowest BCUT2D eigenvalue weighted by atomic mass is 10.1. The number of para-hydroxylation sites is 1. The van der Waals surface area contributed by atoms with E-state index >= 15 is 0 Å². The Morgan fingerprint density at radius 1 is 1.26 bits per heavy atom. The van der Waals surface area contributed by atoms with Crippen molar-refractivity contribution in [1.29, 1.82) is 0 Å². The molecule has 2 rings (SSSR count). The molecule has 1 aromatic carbocycles. The van der Waals surface area contributed by atoms with Gasteiger partial charge in [-0.1, -0.05) is 12.1 Å². The zero-order chi connectivity index (χ0) is 13.5. The number of benzene rings is 1. The highest BCUT2D eigenvalue weighted by Crippen LogP contribution is 2.32. The van der Waals surface area contributed by atoms with E-state index in [-0.39, 0.29) is 6.79 Å². The molecule has 1 aliphatic rings. The van der Waals surface area contributed by atoms with Crippen molar-refractivity contribution in [2.75, 3.05) is 26.6 Å². The molecule has 0 amide bonds. The third kappa shape index (κ3) is 4.40. The van der Waals surface area contributed by atoms with Crippen molar-refractivity contribution < 1.29 is 14.2 Å². The summed E-state index contributed by atoms with van der Waals surface area (Å²) in [5, 5.41) is 0. The van der Waals surface area contributed by atoms with Crippen molar-refractivity contribution in [3.05, 3.63) is 23.8 Å². The molecule has 0 atom stereocenters. The first-order valence-electron chi connectivity index (χ1n) is 7.00. The minimum Gasteiger partial charge on any atom is -0.490 e. The van der Waals surface area contributed by atoms with Crippen molar-refractivity contribution in [1.82, 2.24) is 0 Å². The maximum atomic E-state index is 5.75. The molecule has 2 N–H and O–H groups in total. The molecule has 19 heavy (non-hydrogen) atoms. The molecule has 0 bridgehead atoms. The minimum absolute atomic E-state index is 0.276. The molecule has 1 saturated carbocycles. The Labute approximate surface area is 114 Å². The third-order valence-electron chi connectivity index (χ3n) is 3.11. The molecular formula is C15H23NO3. The van der Waals surface area contributed by atoms with E-state index in [1.54, 1.807) is 0 Å². The van der Waals surface area contributed by atoms with Gasteiger partial charge in [-0.05, 0) is 50.3 Å². The van der Waals surface area contributed by atoms with Crippen LogP contribution < -0.4 is 15.2 Å². The molecule has 4 nitrogen and oxygen atoms in total. The average Bonchev–Trinajstić information content (AvgIpc) is 3.22. The summed E-state index contributed by atoms with van der Waals surface area (Å²) in [6, 6.07) is 5.90. The van der Waals surface area contributed by atoms with Gasteiger partial charge in [0.1, 0.15) is 0 Å². The first-order valence-corrected chi connectivity index (χ1v) is 7.00. The monoisotopic (exact) mass is 265 g/mol. The molecule has 0 unspecified atom stereocenters. The zero-order valence-corrected chi connectivity index (χ0v) is 11.6. The average molecular weight is 265 g/mol. The van der Waals surface area contributed by atoms with E-state index < -0.39 is 0 Å². The lowest BCUT2D eigenvalue weighted by Gasteiger charge is -2.15. The van der Waals surface area contributed by atoms with Crippen molar-refractivity contribution in [2.45, 2.75) is 26.2 Å². The first-order chi connectivity index (χ1) is 9.35. The number of hydrogen-bond acceptors (Lipinski definition) is 4. The summed E-state index contributed by atoms with van der Waals surface area (Å²) in [5.74, 6) is 2.28. The van der Waals surface area contributed by atoms with Crippen LogP contribution in [0.2, 0.25) is 0 Å². The quantitative estimate of drug-likeness (QED) is 0.550. The van der Waals surface area contributed by atoms with Gasteiger partial charge in [-0.15, -0.1) is 0 Å². The number of hydrogen-bond donors (Lipinski definition) is 1. The summed E-state index contributed by atoms with van der Waals surface area (Å²) in [5.41, 5.74) is 6.70. The molecule has 1 aromatic rings. The predicted molar refractivity (Wildman–Crippen MR) is 74.5 cm³/mol. The van der Waals surface area contributed by atoms with Crippen LogP contribution in [-0.4, -0.2) is 26.6 Å². The van der Waals surface area contributed by atoms with Crippen LogP contribution in [0.4, 0.5) is 0 Å². The highest BCUT2D eigenvalue weighted by Gasteiger charge is 2.21. The highest BCUT2D eigenvalue weighted by molar-refractivity contribution is 5.46. The van der Waals surface area contributed by atoms with E-state index in [0.29, 0.717) is 13.2 Å². The van der Waals surface area contributed by atoms with E-state index in [0.717, 1.165) is 36.0 Å². The summed E-state index contributed by atoms with van der Waals surface area (Å²) >= 11 is 0. The van der Waals surface area contributed by atoms with Crippen molar-refractivity contribution in [2.24, 2.45) is 11.7 Å². The summed E-state index contributed by atoms with van der Waals surface area (Å²) in [4.78, 5) is 0. The number of ether oxygens (including phenoxy) is 3. The second-order valence-corrected chi connectivity index (χ2v) is 4.79. The minimum atomic E-state index is 0.276. The van der Waals surface area contributed by atoms with Crippen LogP contribution in [0.5, 0.6) is 11.5 Å². The second kappa shape index (κ2) is 7.36. The van der Waals surface area contributed by atoms with Crippen LogP contribution in [0.15, 0.2) is 18.2 Å². The van der Waals surface area contributed by atoms with Gasteiger partial charge in [-0.2, -0.15) is 0 Å². The lowest BCUT2D eigenvalue weighted by Crippen LogP contribution is -2.10. The zero-order valence-electron chi connectivity index (χ0n) is 11.6.